The van der Waals surface area contributed by atoms with Crippen molar-refractivity contribution >= 4 is 11.7 Å². The highest BCUT2D eigenvalue weighted by molar-refractivity contribution is 5.73. The summed E-state index contributed by atoms with van der Waals surface area (Å²) in [6.07, 6.45) is 4.27. The van der Waals surface area contributed by atoms with E-state index >= 15 is 0 Å². The first-order valence-electron chi connectivity index (χ1n) is 12.4. The molecule has 1 aliphatic carbocycles. The first kappa shape index (κ1) is 24.4. The molecule has 2 atom stereocenters. The van der Waals surface area contributed by atoms with Crippen molar-refractivity contribution in [1.82, 2.24) is 0 Å². The molecule has 2 aromatic rings. The van der Waals surface area contributed by atoms with Crippen molar-refractivity contribution in [3.63, 3.8) is 0 Å². The van der Waals surface area contributed by atoms with Gasteiger partial charge in [0.05, 0.1) is 13.0 Å². The maximum atomic E-state index is 13.0. The van der Waals surface area contributed by atoms with Gasteiger partial charge in [-0.25, -0.2) is 0 Å². The van der Waals surface area contributed by atoms with E-state index in [1.807, 2.05) is 57.2 Å². The second kappa shape index (κ2) is 10.7. The minimum absolute atomic E-state index is 0.0225. The number of hydrogen-bond donors (Lipinski definition) is 1. The van der Waals surface area contributed by atoms with Crippen LogP contribution in [0.2, 0.25) is 0 Å². The summed E-state index contributed by atoms with van der Waals surface area (Å²) >= 11 is 0. The quantitative estimate of drug-likeness (QED) is 0.477. The number of methoxy groups -OCH3 is 1. The Bertz CT molecular complexity index is 965. The number of carbonyl (C=O) groups excluding carboxylic acids is 1. The van der Waals surface area contributed by atoms with Crippen LogP contribution in [0.5, 0.6) is 11.5 Å². The fraction of sp³-hybridized carbons (Fsp3) is 0.536. The summed E-state index contributed by atoms with van der Waals surface area (Å²) in [5, 5.41) is 3.48. The topological polar surface area (TPSA) is 66.0 Å². The third kappa shape index (κ3) is 5.49. The van der Waals surface area contributed by atoms with E-state index < -0.39 is 11.7 Å². The van der Waals surface area contributed by atoms with E-state index in [2.05, 4.69) is 11.4 Å². The molecule has 0 saturated heterocycles. The van der Waals surface area contributed by atoms with Crippen molar-refractivity contribution in [3.8, 4) is 11.5 Å². The molecule has 184 valence electrons. The van der Waals surface area contributed by atoms with Crippen LogP contribution in [0.15, 0.2) is 42.5 Å². The minimum Gasteiger partial charge on any atom is -0.497 e. The summed E-state index contributed by atoms with van der Waals surface area (Å²) in [5.74, 6) is 1.46. The molecule has 2 aromatic carbocycles. The number of esters is 1. The average molecular weight is 468 g/mol. The van der Waals surface area contributed by atoms with Gasteiger partial charge < -0.3 is 24.3 Å². The van der Waals surface area contributed by atoms with Gasteiger partial charge in [0.25, 0.3) is 0 Å². The second-order valence-electron chi connectivity index (χ2n) is 9.73. The van der Waals surface area contributed by atoms with Gasteiger partial charge in [0.2, 0.25) is 0 Å². The second-order valence-corrected chi connectivity index (χ2v) is 9.73. The van der Waals surface area contributed by atoms with E-state index in [1.54, 1.807) is 7.11 Å². The third-order valence-electron chi connectivity index (χ3n) is 6.83. The van der Waals surface area contributed by atoms with Gasteiger partial charge in [0.15, 0.2) is 6.10 Å². The molecule has 2 unspecified atom stereocenters. The first-order chi connectivity index (χ1) is 16.4. The molecule has 1 saturated carbocycles. The van der Waals surface area contributed by atoms with Crippen molar-refractivity contribution in [1.29, 1.82) is 0 Å². The van der Waals surface area contributed by atoms with E-state index in [0.717, 1.165) is 54.0 Å². The zero-order valence-electron chi connectivity index (χ0n) is 20.8. The van der Waals surface area contributed by atoms with E-state index in [0.29, 0.717) is 13.2 Å². The van der Waals surface area contributed by atoms with Gasteiger partial charge in [0, 0.05) is 24.4 Å². The van der Waals surface area contributed by atoms with Crippen LogP contribution in [0.25, 0.3) is 0 Å². The molecule has 6 heteroatoms. The summed E-state index contributed by atoms with van der Waals surface area (Å²) in [6, 6.07) is 14.0. The standard InChI is InChI=1S/C28H37NO5/c1-5-32-25-23-17-21(29-18-19-11-14-22(31-4)15-12-19)13-16-24(23)34-28(2,3)26(25)33-27(30)20-9-7-6-8-10-20/h11-17,20,25-26,29H,5-10,18H2,1-4H3. The number of carbonyl (C=O) groups is 1. The lowest BCUT2D eigenvalue weighted by Gasteiger charge is -2.44. The Morgan fingerprint density at radius 1 is 1.09 bits per heavy atom. The molecule has 0 spiro atoms. The summed E-state index contributed by atoms with van der Waals surface area (Å²) in [6.45, 7) is 7.09. The van der Waals surface area contributed by atoms with Gasteiger partial charge in [-0.2, -0.15) is 0 Å². The van der Waals surface area contributed by atoms with Crippen LogP contribution in [0.1, 0.15) is 70.1 Å². The Morgan fingerprint density at radius 3 is 2.50 bits per heavy atom. The molecule has 1 N–H and O–H groups in total. The fourth-order valence-electron chi connectivity index (χ4n) is 4.91. The largest absolute Gasteiger partial charge is 0.497 e. The fourth-order valence-corrected chi connectivity index (χ4v) is 4.91. The number of hydrogen-bond acceptors (Lipinski definition) is 6. The maximum absolute atomic E-state index is 13.0. The number of benzene rings is 2. The molecule has 2 aliphatic rings. The zero-order chi connectivity index (χ0) is 24.1. The monoisotopic (exact) mass is 467 g/mol. The van der Waals surface area contributed by atoms with Gasteiger partial charge in [-0.05, 0) is 69.5 Å². The Labute approximate surface area is 202 Å². The summed E-state index contributed by atoms with van der Waals surface area (Å²) < 4.78 is 23.9. The Kier molecular flexibility index (Phi) is 7.67. The van der Waals surface area contributed by atoms with E-state index in [4.69, 9.17) is 18.9 Å². The lowest BCUT2D eigenvalue weighted by atomic mass is 9.86. The Hall–Kier alpha value is -2.73. The molecular formula is C28H37NO5. The SMILES string of the molecule is CCOC1c2cc(NCc3ccc(OC)cc3)ccc2OC(C)(C)C1OC(=O)C1CCCCC1. The van der Waals surface area contributed by atoms with Crippen LogP contribution < -0.4 is 14.8 Å². The molecule has 34 heavy (non-hydrogen) atoms. The highest BCUT2D eigenvalue weighted by atomic mass is 16.6. The molecule has 0 bridgehead atoms. The summed E-state index contributed by atoms with van der Waals surface area (Å²) in [4.78, 5) is 13.0. The normalized spacial score (nSPS) is 21.8. The third-order valence-corrected chi connectivity index (χ3v) is 6.83. The van der Waals surface area contributed by atoms with Gasteiger partial charge in [-0.3, -0.25) is 4.79 Å². The lowest BCUT2D eigenvalue weighted by molar-refractivity contribution is -0.188. The number of fused-ring (bicyclic) bond motifs is 1. The van der Waals surface area contributed by atoms with Crippen molar-refractivity contribution in [2.75, 3.05) is 19.0 Å². The predicted octanol–water partition coefficient (Wildman–Crippen LogP) is 6.05. The van der Waals surface area contributed by atoms with Crippen molar-refractivity contribution in [2.45, 2.75) is 77.2 Å². The van der Waals surface area contributed by atoms with Crippen molar-refractivity contribution in [3.05, 3.63) is 53.6 Å². The van der Waals surface area contributed by atoms with Crippen molar-refractivity contribution < 1.29 is 23.7 Å². The van der Waals surface area contributed by atoms with Gasteiger partial charge in [-0.15, -0.1) is 0 Å². The molecule has 4 rings (SSSR count). The highest BCUT2D eigenvalue weighted by Gasteiger charge is 2.48. The number of ether oxygens (including phenoxy) is 4. The molecule has 6 nitrogen and oxygen atoms in total. The molecule has 0 radical (unpaired) electrons. The van der Waals surface area contributed by atoms with E-state index in [9.17, 15) is 4.79 Å². The molecular weight excluding hydrogens is 430 g/mol. The van der Waals surface area contributed by atoms with Crippen LogP contribution in [-0.2, 0) is 20.8 Å². The molecule has 1 heterocycles. The zero-order valence-corrected chi connectivity index (χ0v) is 20.8. The smallest absolute Gasteiger partial charge is 0.309 e. The molecule has 1 fully saturated rings. The van der Waals surface area contributed by atoms with Crippen LogP contribution in [0.3, 0.4) is 0 Å². The minimum atomic E-state index is -0.699. The average Bonchev–Trinajstić information content (AvgIpc) is 2.85. The van der Waals surface area contributed by atoms with Crippen LogP contribution in [-0.4, -0.2) is 31.4 Å². The first-order valence-corrected chi connectivity index (χ1v) is 12.4. The molecule has 0 amide bonds. The van der Waals surface area contributed by atoms with Crippen LogP contribution in [0, 0.1) is 5.92 Å². The van der Waals surface area contributed by atoms with Gasteiger partial charge >= 0.3 is 5.97 Å². The number of anilines is 1. The molecule has 0 aromatic heterocycles. The van der Waals surface area contributed by atoms with Crippen molar-refractivity contribution in [2.24, 2.45) is 5.92 Å². The highest BCUT2D eigenvalue weighted by Crippen LogP contribution is 2.45. The summed E-state index contributed by atoms with van der Waals surface area (Å²) in [7, 11) is 1.66. The summed E-state index contributed by atoms with van der Waals surface area (Å²) in [5.41, 5.74) is 2.31. The van der Waals surface area contributed by atoms with Gasteiger partial charge in [0.1, 0.15) is 23.2 Å². The maximum Gasteiger partial charge on any atom is 0.309 e. The van der Waals surface area contributed by atoms with E-state index in [1.165, 1.54) is 6.42 Å². The predicted molar refractivity (Wildman–Crippen MR) is 132 cm³/mol. The van der Waals surface area contributed by atoms with Crippen LogP contribution >= 0.6 is 0 Å². The molecule has 1 aliphatic heterocycles. The Balaban J connectivity index is 1.53. The Morgan fingerprint density at radius 2 is 1.82 bits per heavy atom. The number of rotatable bonds is 8. The van der Waals surface area contributed by atoms with Gasteiger partial charge in [-0.1, -0.05) is 31.4 Å². The van der Waals surface area contributed by atoms with Crippen LogP contribution in [0.4, 0.5) is 5.69 Å². The van der Waals surface area contributed by atoms with E-state index in [-0.39, 0.29) is 18.0 Å². The number of nitrogens with one attached hydrogen (secondary N) is 1. The lowest BCUT2D eigenvalue weighted by Crippen LogP contribution is -2.52.